The quantitative estimate of drug-likeness (QED) is 0.0936. The highest BCUT2D eigenvalue weighted by Gasteiger charge is 2.23. The van der Waals surface area contributed by atoms with Crippen LogP contribution in [0.15, 0.2) is 158 Å². The summed E-state index contributed by atoms with van der Waals surface area (Å²) >= 11 is 11.8. The average molecular weight is 922 g/mol. The predicted octanol–water partition coefficient (Wildman–Crippen LogP) is 11.5. The molecule has 2 aliphatic rings. The first-order valence-corrected chi connectivity index (χ1v) is 23.3. The molecule has 65 heavy (non-hydrogen) atoms. The number of hydrogen-bond acceptors (Lipinski definition) is 7. The van der Waals surface area contributed by atoms with E-state index in [1.54, 1.807) is 48.5 Å². The Kier molecular flexibility index (Phi) is 20.3. The lowest BCUT2D eigenvalue weighted by Crippen LogP contribution is -2.40. The lowest BCUT2D eigenvalue weighted by atomic mass is 9.94. The van der Waals surface area contributed by atoms with Crippen LogP contribution in [0.2, 0.25) is 10.0 Å². The molecular formula is C54H60Cl2F2N4O3. The molecular weight excluding hydrogens is 862 g/mol. The molecule has 2 unspecified atom stereocenters. The first kappa shape index (κ1) is 49.3. The number of carbonyl (C=O) groups is 1. The number of ether oxygens (including phenoxy) is 2. The summed E-state index contributed by atoms with van der Waals surface area (Å²) in [6.45, 7) is 8.33. The topological polar surface area (TPSA) is 80.1 Å². The Labute approximate surface area is 393 Å². The number of piperidine rings is 2. The largest absolute Gasteiger partial charge is 0.492 e. The Bertz CT molecular complexity index is 2260. The van der Waals surface area contributed by atoms with E-state index in [9.17, 15) is 13.6 Å². The van der Waals surface area contributed by atoms with Crippen LogP contribution in [0.4, 0.5) is 8.78 Å². The molecule has 0 aliphatic carbocycles. The van der Waals surface area contributed by atoms with Crippen LogP contribution in [0.5, 0.6) is 11.5 Å². The third-order valence-electron chi connectivity index (χ3n) is 11.9. The third kappa shape index (κ3) is 16.4. The van der Waals surface area contributed by atoms with Crippen LogP contribution < -0.4 is 20.5 Å². The van der Waals surface area contributed by atoms with Crippen LogP contribution in [0.3, 0.4) is 0 Å². The van der Waals surface area contributed by atoms with E-state index in [0.717, 1.165) is 107 Å². The second kappa shape index (κ2) is 26.7. The van der Waals surface area contributed by atoms with Gasteiger partial charge in [-0.2, -0.15) is 0 Å². The summed E-state index contributed by atoms with van der Waals surface area (Å²) < 4.78 is 39.6. The van der Waals surface area contributed by atoms with Crippen molar-refractivity contribution in [3.63, 3.8) is 0 Å². The average Bonchev–Trinajstić information content (AvgIpc) is 3.34. The molecule has 0 amide bonds. The molecule has 0 saturated carbocycles. The van der Waals surface area contributed by atoms with Gasteiger partial charge in [0.15, 0.2) is 0 Å². The van der Waals surface area contributed by atoms with Crippen molar-refractivity contribution < 1.29 is 23.0 Å². The number of carbonyl (C=O) groups excluding carboxylic acids is 1. The molecule has 2 aliphatic heterocycles. The van der Waals surface area contributed by atoms with E-state index in [0.29, 0.717) is 33.7 Å². The van der Waals surface area contributed by atoms with Gasteiger partial charge in [0.1, 0.15) is 42.6 Å². The van der Waals surface area contributed by atoms with Gasteiger partial charge in [-0.15, -0.1) is 0 Å². The Balaban J connectivity index is 0.000000178. The number of nitrogens with one attached hydrogen (secondary N) is 1. The lowest BCUT2D eigenvalue weighted by molar-refractivity contribution is -0.112. The number of benzene rings is 6. The smallest absolute Gasteiger partial charge is 0.128 e. The third-order valence-corrected chi connectivity index (χ3v) is 12.4. The van der Waals surface area contributed by atoms with Gasteiger partial charge in [-0.3, -0.25) is 9.80 Å². The first-order valence-electron chi connectivity index (χ1n) is 22.5. The fourth-order valence-corrected chi connectivity index (χ4v) is 8.23. The van der Waals surface area contributed by atoms with Crippen molar-refractivity contribution in [2.45, 2.75) is 37.8 Å². The number of hydrogen-bond donors (Lipinski definition) is 2. The van der Waals surface area contributed by atoms with E-state index in [-0.39, 0.29) is 23.6 Å². The van der Waals surface area contributed by atoms with Crippen molar-refractivity contribution in [3.05, 3.63) is 202 Å². The second-order valence-corrected chi connectivity index (χ2v) is 17.3. The van der Waals surface area contributed by atoms with Crippen LogP contribution in [0.25, 0.3) is 0 Å². The molecule has 3 N–H and O–H groups in total. The van der Waals surface area contributed by atoms with E-state index in [2.05, 4.69) is 15.1 Å². The zero-order chi connectivity index (χ0) is 45.6. The van der Waals surface area contributed by atoms with Gasteiger partial charge in [-0.05, 0) is 136 Å². The molecule has 0 spiro atoms. The van der Waals surface area contributed by atoms with Crippen LogP contribution in [0.1, 0.15) is 60.0 Å². The van der Waals surface area contributed by atoms with Crippen LogP contribution >= 0.6 is 23.2 Å². The Morgan fingerprint density at radius 2 is 1.02 bits per heavy atom. The van der Waals surface area contributed by atoms with Gasteiger partial charge in [-0.25, -0.2) is 8.78 Å². The van der Waals surface area contributed by atoms with E-state index in [1.165, 1.54) is 12.1 Å². The van der Waals surface area contributed by atoms with Crippen LogP contribution in [-0.4, -0.2) is 75.1 Å². The highest BCUT2D eigenvalue weighted by Crippen LogP contribution is 2.28. The maximum absolute atomic E-state index is 14.6. The fraction of sp³-hybridized carbons (Fsp3) is 0.315. The molecule has 7 nitrogen and oxygen atoms in total. The minimum absolute atomic E-state index is 0.187. The van der Waals surface area contributed by atoms with E-state index in [1.807, 2.05) is 97.1 Å². The molecule has 2 saturated heterocycles. The normalized spacial score (nSPS) is 15.6. The fourth-order valence-electron chi connectivity index (χ4n) is 7.98. The Hall–Kier alpha value is -5.13. The summed E-state index contributed by atoms with van der Waals surface area (Å²) in [6, 6.07) is 47.5. The molecule has 342 valence electrons. The van der Waals surface area contributed by atoms with Gasteiger partial charge < -0.3 is 25.3 Å². The summed E-state index contributed by atoms with van der Waals surface area (Å²) in [6.07, 6.45) is 5.34. The molecule has 11 heteroatoms. The van der Waals surface area contributed by atoms with Crippen molar-refractivity contribution in [3.8, 4) is 11.5 Å². The van der Waals surface area contributed by atoms with Gasteiger partial charge >= 0.3 is 0 Å². The molecule has 2 heterocycles. The molecule has 2 atom stereocenters. The van der Waals surface area contributed by atoms with Crippen molar-refractivity contribution in [1.29, 1.82) is 0 Å². The summed E-state index contributed by atoms with van der Waals surface area (Å²) in [5.74, 6) is 2.23. The highest BCUT2D eigenvalue weighted by atomic mass is 35.5. The van der Waals surface area contributed by atoms with E-state index < -0.39 is 6.04 Å². The standard InChI is InChI=1S/C27H30ClFN2O.C14H19NO2.C13H11ClFN/c28-23-12-10-22(11-13-23)27(25-8-4-5-9-26(25)29)30-20-21-14-16-31(17-15-21)18-19-32-24-6-2-1-3-7-24;16-12-13-6-8-15(9-7-13)10-11-17-14-4-2-1-3-5-14;14-10-7-5-9(6-8-10)13(16)11-3-1-2-4-12(11)15/h1-13,21,27,30H,14-20H2;1-5,12-13H,6-11H2;1-8,13H,16H2. The maximum atomic E-state index is 14.6. The van der Waals surface area contributed by atoms with Gasteiger partial charge in [-0.1, -0.05) is 120 Å². The molecule has 0 radical (unpaired) electrons. The van der Waals surface area contributed by atoms with Crippen molar-refractivity contribution in [2.24, 2.45) is 17.6 Å². The van der Waals surface area contributed by atoms with Crippen LogP contribution in [0, 0.1) is 23.5 Å². The SMILES string of the molecule is Fc1ccccc1C(NCC1CCN(CCOc2ccccc2)CC1)c1ccc(Cl)cc1.NC(c1ccc(Cl)cc1)c1ccccc1F.O=CC1CCN(CCOc2ccccc2)CC1. The minimum atomic E-state index is -0.460. The molecule has 8 rings (SSSR count). The number of halogens is 4. The number of para-hydroxylation sites is 2. The lowest BCUT2D eigenvalue weighted by Gasteiger charge is -2.33. The number of likely N-dealkylation sites (tertiary alicyclic amines) is 2. The van der Waals surface area contributed by atoms with Gasteiger partial charge in [0.25, 0.3) is 0 Å². The first-order chi connectivity index (χ1) is 31.7. The van der Waals surface area contributed by atoms with Crippen molar-refractivity contribution in [1.82, 2.24) is 15.1 Å². The molecule has 2 fully saturated rings. The van der Waals surface area contributed by atoms with Crippen molar-refractivity contribution >= 4 is 29.5 Å². The van der Waals surface area contributed by atoms with Crippen molar-refractivity contribution in [2.75, 3.05) is 59.0 Å². The number of aldehydes is 1. The number of rotatable bonds is 16. The van der Waals surface area contributed by atoms with Crippen LogP contribution in [-0.2, 0) is 4.79 Å². The monoisotopic (exact) mass is 920 g/mol. The van der Waals surface area contributed by atoms with Gasteiger partial charge in [0.05, 0.1) is 12.1 Å². The summed E-state index contributed by atoms with van der Waals surface area (Å²) in [5.41, 5.74) is 9.01. The Morgan fingerprint density at radius 3 is 1.49 bits per heavy atom. The highest BCUT2D eigenvalue weighted by molar-refractivity contribution is 6.30. The molecule has 6 aromatic carbocycles. The molecule has 6 aromatic rings. The summed E-state index contributed by atoms with van der Waals surface area (Å²) in [4.78, 5) is 15.5. The van der Waals surface area contributed by atoms with Gasteiger partial charge in [0.2, 0.25) is 0 Å². The van der Waals surface area contributed by atoms with E-state index >= 15 is 0 Å². The maximum Gasteiger partial charge on any atom is 0.128 e. The van der Waals surface area contributed by atoms with E-state index in [4.69, 9.17) is 38.4 Å². The molecule has 0 aromatic heterocycles. The predicted molar refractivity (Wildman–Crippen MR) is 260 cm³/mol. The van der Waals surface area contributed by atoms with Gasteiger partial charge in [0, 0.05) is 40.2 Å². The molecule has 0 bridgehead atoms. The number of nitrogens with zero attached hydrogens (tertiary/aromatic N) is 2. The summed E-state index contributed by atoms with van der Waals surface area (Å²) in [7, 11) is 0. The zero-order valence-corrected chi connectivity index (χ0v) is 38.3. The Morgan fingerprint density at radius 1 is 0.585 bits per heavy atom. The zero-order valence-electron chi connectivity index (χ0n) is 36.8. The summed E-state index contributed by atoms with van der Waals surface area (Å²) in [5, 5.41) is 4.96. The second-order valence-electron chi connectivity index (χ2n) is 16.4. The number of nitrogens with two attached hydrogens (primary N) is 1. The minimum Gasteiger partial charge on any atom is -0.492 e.